The number of benzene rings is 2. The van der Waals surface area contributed by atoms with Crippen LogP contribution in [0.5, 0.6) is 0 Å². The second-order valence-corrected chi connectivity index (χ2v) is 4.86. The number of nitrogens with one attached hydrogen (secondary N) is 1. The normalized spacial score (nSPS) is 10.9. The van der Waals surface area contributed by atoms with Gasteiger partial charge in [-0.3, -0.25) is 4.79 Å². The van der Waals surface area contributed by atoms with Crippen LogP contribution in [0.2, 0.25) is 0 Å². The Balaban J connectivity index is 2.14. The highest BCUT2D eigenvalue weighted by molar-refractivity contribution is 6.19. The van der Waals surface area contributed by atoms with Crippen LogP contribution in [-0.2, 0) is 20.9 Å². The fraction of sp³-hybridized carbons (Fsp3) is 0.158. The summed E-state index contributed by atoms with van der Waals surface area (Å²) in [6.45, 7) is 2.28. The highest BCUT2D eigenvalue weighted by Crippen LogP contribution is 2.09. The summed E-state index contributed by atoms with van der Waals surface area (Å²) < 4.78 is 4.98. The van der Waals surface area contributed by atoms with Crippen LogP contribution in [0.3, 0.4) is 0 Å². The maximum absolute atomic E-state index is 12.4. The molecular weight excluding hydrogens is 290 g/mol. The van der Waals surface area contributed by atoms with Gasteiger partial charge in [-0.25, -0.2) is 4.79 Å². The lowest BCUT2D eigenvalue weighted by atomic mass is 10.1. The summed E-state index contributed by atoms with van der Waals surface area (Å²) >= 11 is 0. The molecule has 0 bridgehead atoms. The molecular formula is C19H19NO3. The van der Waals surface area contributed by atoms with Gasteiger partial charge in [0, 0.05) is 6.54 Å². The predicted octanol–water partition coefficient (Wildman–Crippen LogP) is 2.95. The number of amides is 1. The molecule has 4 heteroatoms. The summed E-state index contributed by atoms with van der Waals surface area (Å²) in [5.41, 5.74) is 1.73. The highest BCUT2D eigenvalue weighted by atomic mass is 16.5. The van der Waals surface area contributed by atoms with Crippen molar-refractivity contribution in [3.8, 4) is 0 Å². The van der Waals surface area contributed by atoms with Crippen molar-refractivity contribution < 1.29 is 14.3 Å². The Hall–Kier alpha value is -2.88. The van der Waals surface area contributed by atoms with Gasteiger partial charge in [-0.1, -0.05) is 60.7 Å². The molecule has 1 N–H and O–H groups in total. The van der Waals surface area contributed by atoms with Gasteiger partial charge < -0.3 is 10.1 Å². The van der Waals surface area contributed by atoms with E-state index in [0.717, 1.165) is 11.1 Å². The maximum atomic E-state index is 12.4. The minimum Gasteiger partial charge on any atom is -0.462 e. The van der Waals surface area contributed by atoms with Crippen LogP contribution in [-0.4, -0.2) is 18.5 Å². The molecule has 0 atom stereocenters. The Labute approximate surface area is 135 Å². The highest BCUT2D eigenvalue weighted by Gasteiger charge is 2.19. The molecule has 118 valence electrons. The zero-order valence-electron chi connectivity index (χ0n) is 13.0. The summed E-state index contributed by atoms with van der Waals surface area (Å²) in [5, 5.41) is 2.75. The van der Waals surface area contributed by atoms with Gasteiger partial charge in [-0.2, -0.15) is 0 Å². The van der Waals surface area contributed by atoms with Crippen LogP contribution in [0.25, 0.3) is 6.08 Å². The molecule has 0 aliphatic carbocycles. The quantitative estimate of drug-likeness (QED) is 0.386. The van der Waals surface area contributed by atoms with Crippen molar-refractivity contribution >= 4 is 18.0 Å². The summed E-state index contributed by atoms with van der Waals surface area (Å²) in [4.78, 5) is 24.4. The van der Waals surface area contributed by atoms with Crippen LogP contribution in [0.15, 0.2) is 66.2 Å². The number of hydrogen-bond acceptors (Lipinski definition) is 3. The fourth-order valence-electron chi connectivity index (χ4n) is 2.02. The van der Waals surface area contributed by atoms with E-state index < -0.39 is 11.9 Å². The third kappa shape index (κ3) is 5.11. The lowest BCUT2D eigenvalue weighted by molar-refractivity contribution is -0.140. The molecule has 0 saturated carbocycles. The topological polar surface area (TPSA) is 55.4 Å². The molecule has 0 spiro atoms. The Bertz CT molecular complexity index is 678. The molecule has 0 radical (unpaired) electrons. The molecule has 0 aliphatic rings. The first-order valence-corrected chi connectivity index (χ1v) is 7.46. The maximum Gasteiger partial charge on any atom is 0.343 e. The van der Waals surface area contributed by atoms with Crippen molar-refractivity contribution in [2.75, 3.05) is 6.61 Å². The first-order valence-electron chi connectivity index (χ1n) is 7.46. The molecule has 2 aromatic rings. The molecule has 23 heavy (non-hydrogen) atoms. The molecule has 0 aliphatic heterocycles. The summed E-state index contributed by atoms with van der Waals surface area (Å²) in [5.74, 6) is -1.07. The van der Waals surface area contributed by atoms with Crippen LogP contribution in [0.1, 0.15) is 18.1 Å². The molecule has 4 nitrogen and oxygen atoms in total. The molecule has 1 amide bonds. The van der Waals surface area contributed by atoms with Crippen LogP contribution >= 0.6 is 0 Å². The minimum atomic E-state index is -0.623. The van der Waals surface area contributed by atoms with Gasteiger partial charge in [0.2, 0.25) is 0 Å². The first-order chi connectivity index (χ1) is 11.2. The standard InChI is InChI=1S/C19H19NO3/c1-2-23-19(22)17(13-15-9-5-3-6-10-15)18(21)20-14-16-11-7-4-8-12-16/h3-13H,2,14H2,1H3,(H,20,21)/b17-13+. The lowest BCUT2D eigenvalue weighted by Crippen LogP contribution is -2.29. The van der Waals surface area contributed by atoms with E-state index in [1.807, 2.05) is 60.7 Å². The van der Waals surface area contributed by atoms with Crippen molar-refractivity contribution in [1.29, 1.82) is 0 Å². The molecule has 0 fully saturated rings. The van der Waals surface area contributed by atoms with E-state index in [1.165, 1.54) is 0 Å². The predicted molar refractivity (Wildman–Crippen MR) is 89.3 cm³/mol. The first kappa shape index (κ1) is 16.5. The van der Waals surface area contributed by atoms with Crippen LogP contribution in [0.4, 0.5) is 0 Å². The lowest BCUT2D eigenvalue weighted by Gasteiger charge is -2.09. The molecule has 2 rings (SSSR count). The third-order valence-corrected chi connectivity index (χ3v) is 3.15. The third-order valence-electron chi connectivity index (χ3n) is 3.15. The van der Waals surface area contributed by atoms with Gasteiger partial charge >= 0.3 is 5.97 Å². The number of esters is 1. The average Bonchev–Trinajstić information content (AvgIpc) is 2.59. The zero-order chi connectivity index (χ0) is 16.5. The zero-order valence-corrected chi connectivity index (χ0v) is 13.0. The van der Waals surface area contributed by atoms with Gasteiger partial charge in [0.15, 0.2) is 0 Å². The SMILES string of the molecule is CCOC(=O)/C(=C/c1ccccc1)C(=O)NCc1ccccc1. The van der Waals surface area contributed by atoms with Gasteiger partial charge in [-0.15, -0.1) is 0 Å². The van der Waals surface area contributed by atoms with Crippen molar-refractivity contribution in [2.24, 2.45) is 0 Å². The van der Waals surface area contributed by atoms with Crippen molar-refractivity contribution in [1.82, 2.24) is 5.32 Å². The molecule has 0 saturated heterocycles. The fourth-order valence-corrected chi connectivity index (χ4v) is 2.02. The van der Waals surface area contributed by atoms with Crippen molar-refractivity contribution in [2.45, 2.75) is 13.5 Å². The number of carbonyl (C=O) groups excluding carboxylic acids is 2. The molecule has 0 heterocycles. The van der Waals surface area contributed by atoms with Gasteiger partial charge in [-0.05, 0) is 24.1 Å². The summed E-state index contributed by atoms with van der Waals surface area (Å²) in [7, 11) is 0. The van der Waals surface area contributed by atoms with E-state index >= 15 is 0 Å². The van der Waals surface area contributed by atoms with Crippen molar-refractivity contribution in [3.63, 3.8) is 0 Å². The van der Waals surface area contributed by atoms with E-state index in [0.29, 0.717) is 6.54 Å². The second kappa shape index (κ2) is 8.54. The van der Waals surface area contributed by atoms with E-state index in [9.17, 15) is 9.59 Å². The summed E-state index contributed by atoms with van der Waals surface area (Å²) in [6, 6.07) is 18.7. The van der Waals surface area contributed by atoms with Gasteiger partial charge in [0.25, 0.3) is 5.91 Å². The molecule has 0 aromatic heterocycles. The average molecular weight is 309 g/mol. The minimum absolute atomic E-state index is 0.00557. The van der Waals surface area contributed by atoms with Gasteiger partial charge in [0.05, 0.1) is 6.61 Å². The Morgan fingerprint density at radius 1 is 1.00 bits per heavy atom. The number of rotatable bonds is 6. The Morgan fingerprint density at radius 2 is 1.61 bits per heavy atom. The smallest absolute Gasteiger partial charge is 0.343 e. The Morgan fingerprint density at radius 3 is 2.22 bits per heavy atom. The van der Waals surface area contributed by atoms with E-state index in [4.69, 9.17) is 4.74 Å². The number of ether oxygens (including phenoxy) is 1. The van der Waals surface area contributed by atoms with Crippen LogP contribution < -0.4 is 5.32 Å². The Kier molecular flexibility index (Phi) is 6.12. The second-order valence-electron chi connectivity index (χ2n) is 4.86. The number of hydrogen-bond donors (Lipinski definition) is 1. The van der Waals surface area contributed by atoms with E-state index in [1.54, 1.807) is 13.0 Å². The van der Waals surface area contributed by atoms with E-state index in [2.05, 4.69) is 5.32 Å². The monoisotopic (exact) mass is 309 g/mol. The van der Waals surface area contributed by atoms with E-state index in [-0.39, 0.29) is 12.2 Å². The van der Waals surface area contributed by atoms with Crippen molar-refractivity contribution in [3.05, 3.63) is 77.4 Å². The molecule has 2 aromatic carbocycles. The van der Waals surface area contributed by atoms with Gasteiger partial charge in [0.1, 0.15) is 5.57 Å². The largest absolute Gasteiger partial charge is 0.462 e. The number of carbonyl (C=O) groups is 2. The summed E-state index contributed by atoms with van der Waals surface area (Å²) in [6.07, 6.45) is 1.54. The van der Waals surface area contributed by atoms with Crippen LogP contribution in [0, 0.1) is 0 Å². The molecule has 0 unspecified atom stereocenters.